The molecule has 0 amide bonds. The van der Waals surface area contributed by atoms with Crippen molar-refractivity contribution in [3.05, 3.63) is 90.9 Å². The second-order valence-electron chi connectivity index (χ2n) is 7.14. The molecule has 7 heteroatoms. The number of ether oxygens (including phenoxy) is 1. The zero-order chi connectivity index (χ0) is 22.1. The van der Waals surface area contributed by atoms with Crippen LogP contribution in [0, 0.1) is 5.82 Å². The highest BCUT2D eigenvalue weighted by Gasteiger charge is 2.08. The van der Waals surface area contributed by atoms with Crippen LogP contribution < -0.4 is 9.46 Å². The highest BCUT2D eigenvalue weighted by Crippen LogP contribution is 2.23. The number of rotatable bonds is 7. The lowest BCUT2D eigenvalue weighted by Gasteiger charge is -2.16. The van der Waals surface area contributed by atoms with Gasteiger partial charge in [-0.3, -0.25) is 0 Å². The molecule has 0 radical (unpaired) electrons. The van der Waals surface area contributed by atoms with Crippen LogP contribution in [0.2, 0.25) is 0 Å². The number of nitrogens with zero attached hydrogens (tertiary/aromatic N) is 3. The summed E-state index contributed by atoms with van der Waals surface area (Å²) in [6, 6.07) is 24.4. The first-order valence-corrected chi connectivity index (χ1v) is 10.8. The van der Waals surface area contributed by atoms with Gasteiger partial charge in [0.15, 0.2) is 0 Å². The monoisotopic (exact) mass is 438 g/mol. The number of nitrogens with one attached hydrogen (secondary N) is 1. The Hall–Kier alpha value is -2.87. The van der Waals surface area contributed by atoms with E-state index in [2.05, 4.69) is 16.7 Å². The molecule has 3 aromatic carbocycles. The Morgan fingerprint density at radius 1 is 1.03 bits per heavy atom. The second-order valence-corrected chi connectivity index (χ2v) is 8.29. The van der Waals surface area contributed by atoms with Crippen molar-refractivity contribution in [1.29, 1.82) is 0 Å². The summed E-state index contributed by atoms with van der Waals surface area (Å²) in [5.41, 5.74) is 1.77. The van der Waals surface area contributed by atoms with Crippen LogP contribution in [0.25, 0.3) is 16.6 Å². The van der Waals surface area contributed by atoms with E-state index in [0.29, 0.717) is 6.61 Å². The van der Waals surface area contributed by atoms with Gasteiger partial charge in [0.2, 0.25) is 0 Å². The summed E-state index contributed by atoms with van der Waals surface area (Å²) < 4.78 is 26.0. The van der Waals surface area contributed by atoms with Crippen LogP contribution in [0.3, 0.4) is 0 Å². The molecule has 1 unspecified atom stereocenters. The summed E-state index contributed by atoms with van der Waals surface area (Å²) in [4.78, 5) is 0. The Kier molecular flexibility index (Phi) is 8.46. The van der Waals surface area contributed by atoms with E-state index in [0.717, 1.165) is 22.3 Å². The summed E-state index contributed by atoms with van der Waals surface area (Å²) in [5, 5.41) is 5.37. The standard InChI is InChI=1S/C18H21FN4OS.C6H6/c1-13(21-25-22(2)3)12-24-17-8-9-18-14(10-17)11-20-23(18)16-6-4-15(19)5-7-16;1-2-4-6-5-3-1/h4-11,13,21H,12H2,1-3H3;1-6H. The van der Waals surface area contributed by atoms with Crippen LogP contribution in [0.4, 0.5) is 4.39 Å². The molecule has 0 spiro atoms. The van der Waals surface area contributed by atoms with E-state index in [9.17, 15) is 4.39 Å². The number of hydrogen-bond donors (Lipinski definition) is 1. The first-order valence-electron chi connectivity index (χ1n) is 9.99. The fraction of sp³-hybridized carbons (Fsp3) is 0.208. The Bertz CT molecular complexity index is 1030. The molecule has 162 valence electrons. The summed E-state index contributed by atoms with van der Waals surface area (Å²) >= 11 is 1.54. The fourth-order valence-corrected chi connectivity index (χ4v) is 3.18. The third-order valence-electron chi connectivity index (χ3n) is 4.21. The van der Waals surface area contributed by atoms with E-state index in [-0.39, 0.29) is 11.9 Å². The van der Waals surface area contributed by atoms with Crippen molar-refractivity contribution < 1.29 is 9.13 Å². The van der Waals surface area contributed by atoms with E-state index in [1.165, 1.54) is 12.1 Å². The molecule has 5 nitrogen and oxygen atoms in total. The van der Waals surface area contributed by atoms with E-state index < -0.39 is 0 Å². The van der Waals surface area contributed by atoms with Crippen LogP contribution in [0.15, 0.2) is 85.1 Å². The third kappa shape index (κ3) is 7.10. The predicted molar refractivity (Wildman–Crippen MR) is 127 cm³/mol. The molecule has 4 aromatic rings. The quantitative estimate of drug-likeness (QED) is 0.395. The van der Waals surface area contributed by atoms with Crippen LogP contribution >= 0.6 is 12.1 Å². The van der Waals surface area contributed by atoms with Gasteiger partial charge in [0.1, 0.15) is 18.2 Å². The summed E-state index contributed by atoms with van der Waals surface area (Å²) in [6.07, 6.45) is 1.79. The average Bonchev–Trinajstić information content (AvgIpc) is 3.21. The molecular formula is C24H27FN4OS. The molecule has 1 heterocycles. The molecule has 0 bridgehead atoms. The predicted octanol–water partition coefficient (Wildman–Crippen LogP) is 5.33. The Morgan fingerprint density at radius 3 is 2.29 bits per heavy atom. The minimum atomic E-state index is -0.258. The average molecular weight is 439 g/mol. The van der Waals surface area contributed by atoms with Gasteiger partial charge < -0.3 is 4.74 Å². The molecule has 1 N–H and O–H groups in total. The van der Waals surface area contributed by atoms with Gasteiger partial charge in [0.25, 0.3) is 0 Å². The van der Waals surface area contributed by atoms with Crippen LogP contribution in [0.1, 0.15) is 6.92 Å². The van der Waals surface area contributed by atoms with Gasteiger partial charge in [-0.15, -0.1) is 0 Å². The van der Waals surface area contributed by atoms with Gasteiger partial charge in [-0.05, 0) is 63.5 Å². The fourth-order valence-electron chi connectivity index (χ4n) is 2.72. The highest BCUT2D eigenvalue weighted by atomic mass is 32.2. The van der Waals surface area contributed by atoms with Crippen LogP contribution in [-0.4, -0.2) is 40.8 Å². The van der Waals surface area contributed by atoms with Gasteiger partial charge in [-0.1, -0.05) is 36.4 Å². The number of aromatic nitrogens is 2. The molecule has 0 saturated heterocycles. The van der Waals surface area contributed by atoms with E-state index in [1.54, 1.807) is 35.1 Å². The number of benzene rings is 3. The van der Waals surface area contributed by atoms with Crippen molar-refractivity contribution in [3.8, 4) is 11.4 Å². The first-order chi connectivity index (χ1) is 15.0. The van der Waals surface area contributed by atoms with E-state index >= 15 is 0 Å². The second kappa shape index (κ2) is 11.5. The molecule has 0 aliphatic heterocycles. The van der Waals surface area contributed by atoms with Crippen molar-refractivity contribution in [2.75, 3.05) is 20.7 Å². The van der Waals surface area contributed by atoms with Gasteiger partial charge in [0, 0.05) is 23.6 Å². The van der Waals surface area contributed by atoms with Gasteiger partial charge in [-0.2, -0.15) is 5.10 Å². The lowest BCUT2D eigenvalue weighted by atomic mass is 10.2. The van der Waals surface area contributed by atoms with E-state index in [1.807, 2.05) is 73.0 Å². The molecule has 1 atom stereocenters. The largest absolute Gasteiger partial charge is 0.492 e. The topological polar surface area (TPSA) is 42.3 Å². The Morgan fingerprint density at radius 2 is 1.68 bits per heavy atom. The van der Waals surface area contributed by atoms with Crippen molar-refractivity contribution in [3.63, 3.8) is 0 Å². The van der Waals surface area contributed by atoms with Gasteiger partial charge in [-0.25, -0.2) is 18.1 Å². The number of hydrogen-bond acceptors (Lipinski definition) is 5. The lowest BCUT2D eigenvalue weighted by molar-refractivity contribution is 0.289. The summed E-state index contributed by atoms with van der Waals surface area (Å²) in [6.45, 7) is 2.64. The normalized spacial score (nSPS) is 11.8. The Balaban J connectivity index is 0.000000391. The lowest BCUT2D eigenvalue weighted by Crippen LogP contribution is -2.29. The Labute approximate surface area is 187 Å². The van der Waals surface area contributed by atoms with Gasteiger partial charge in [0.05, 0.1) is 17.4 Å². The first kappa shape index (κ1) is 22.8. The minimum Gasteiger partial charge on any atom is -0.492 e. The summed E-state index contributed by atoms with van der Waals surface area (Å²) in [7, 11) is 3.97. The zero-order valence-corrected chi connectivity index (χ0v) is 18.7. The number of fused-ring (bicyclic) bond motifs is 1. The third-order valence-corrected chi connectivity index (χ3v) is 5.09. The molecule has 0 aliphatic rings. The van der Waals surface area contributed by atoms with Crippen LogP contribution in [0.5, 0.6) is 5.75 Å². The highest BCUT2D eigenvalue weighted by molar-refractivity contribution is 7.95. The molecule has 0 saturated carbocycles. The zero-order valence-electron chi connectivity index (χ0n) is 17.9. The molecule has 0 fully saturated rings. The van der Waals surface area contributed by atoms with Crippen molar-refractivity contribution in [1.82, 2.24) is 18.8 Å². The smallest absolute Gasteiger partial charge is 0.123 e. The van der Waals surface area contributed by atoms with Crippen LogP contribution in [-0.2, 0) is 0 Å². The maximum absolute atomic E-state index is 13.1. The molecule has 1 aromatic heterocycles. The summed E-state index contributed by atoms with van der Waals surface area (Å²) in [5.74, 6) is 0.542. The van der Waals surface area contributed by atoms with E-state index in [4.69, 9.17) is 4.74 Å². The maximum Gasteiger partial charge on any atom is 0.123 e. The maximum atomic E-state index is 13.1. The van der Waals surface area contributed by atoms with Crippen molar-refractivity contribution in [2.24, 2.45) is 0 Å². The van der Waals surface area contributed by atoms with Gasteiger partial charge >= 0.3 is 0 Å². The number of halogens is 1. The molecule has 0 aliphatic carbocycles. The molecule has 31 heavy (non-hydrogen) atoms. The van der Waals surface area contributed by atoms with Crippen molar-refractivity contribution >= 4 is 23.0 Å². The minimum absolute atomic E-state index is 0.213. The van der Waals surface area contributed by atoms with Crippen molar-refractivity contribution in [2.45, 2.75) is 13.0 Å². The molecular weight excluding hydrogens is 411 g/mol. The molecule has 4 rings (SSSR count). The SMILES string of the molecule is CC(COc1ccc2c(cnn2-c2ccc(F)cc2)c1)NSN(C)C.c1ccccc1.